The van der Waals surface area contributed by atoms with Crippen molar-refractivity contribution in [2.24, 2.45) is 0 Å². The fourth-order valence-corrected chi connectivity index (χ4v) is 3.13. The van der Waals surface area contributed by atoms with Gasteiger partial charge >= 0.3 is 5.63 Å². The zero-order valence-corrected chi connectivity index (χ0v) is 14.9. The van der Waals surface area contributed by atoms with E-state index in [1.54, 1.807) is 0 Å². The molecule has 0 radical (unpaired) electrons. The lowest BCUT2D eigenvalue weighted by Gasteiger charge is -2.31. The molecule has 0 unspecified atom stereocenters. The first-order chi connectivity index (χ1) is 10.8. The maximum Gasteiger partial charge on any atom is 0.336 e. The summed E-state index contributed by atoms with van der Waals surface area (Å²) in [6.45, 7) is 13.0. The minimum Gasteiger partial charge on any atom is -0.507 e. The lowest BCUT2D eigenvalue weighted by molar-refractivity contribution is 0.164. The summed E-state index contributed by atoms with van der Waals surface area (Å²) < 4.78 is 5.47. The fraction of sp³-hybridized carbons (Fsp3) is 0.526. The molecule has 0 aliphatic rings. The molecule has 1 aromatic carbocycles. The van der Waals surface area contributed by atoms with Crippen molar-refractivity contribution < 1.29 is 9.52 Å². The van der Waals surface area contributed by atoms with Crippen LogP contribution < -0.4 is 5.63 Å². The summed E-state index contributed by atoms with van der Waals surface area (Å²) in [5, 5.41) is 11.6. The number of hydrogen-bond acceptors (Lipinski definition) is 4. The van der Waals surface area contributed by atoms with Gasteiger partial charge in [0.1, 0.15) is 11.3 Å². The van der Waals surface area contributed by atoms with E-state index >= 15 is 0 Å². The zero-order chi connectivity index (χ0) is 17.3. The number of nitrogens with zero attached hydrogens (tertiary/aromatic N) is 1. The number of phenolic OH excluding ortho intramolecular Hbond substituents is 1. The maximum atomic E-state index is 11.8. The van der Waals surface area contributed by atoms with Crippen molar-refractivity contribution >= 4 is 11.0 Å². The molecular weight excluding hydrogens is 290 g/mol. The summed E-state index contributed by atoms with van der Waals surface area (Å²) in [5.74, 6) is 0.250. The predicted molar refractivity (Wildman–Crippen MR) is 94.1 cm³/mol. The van der Waals surface area contributed by atoms with Crippen molar-refractivity contribution in [2.75, 3.05) is 0 Å². The van der Waals surface area contributed by atoms with E-state index in [4.69, 9.17) is 4.42 Å². The monoisotopic (exact) mass is 317 g/mol. The summed E-state index contributed by atoms with van der Waals surface area (Å²) in [7, 11) is 0. The van der Waals surface area contributed by atoms with Gasteiger partial charge in [0.05, 0.1) is 5.56 Å². The molecule has 0 aliphatic heterocycles. The van der Waals surface area contributed by atoms with Crippen LogP contribution >= 0.6 is 0 Å². The van der Waals surface area contributed by atoms with E-state index < -0.39 is 0 Å². The number of phenols is 1. The first-order valence-corrected chi connectivity index (χ1v) is 8.30. The molecule has 0 spiro atoms. The number of rotatable bonds is 5. The maximum absolute atomic E-state index is 11.8. The van der Waals surface area contributed by atoms with Crippen molar-refractivity contribution in [3.63, 3.8) is 0 Å². The number of benzene rings is 1. The van der Waals surface area contributed by atoms with Gasteiger partial charge in [0.2, 0.25) is 0 Å². The minimum atomic E-state index is -0.374. The number of aromatic hydroxyl groups is 1. The van der Waals surface area contributed by atoms with Gasteiger partial charge in [0.25, 0.3) is 0 Å². The minimum absolute atomic E-state index is 0.250. The molecule has 2 rings (SSSR count). The Morgan fingerprint density at radius 1 is 1.17 bits per heavy atom. The van der Waals surface area contributed by atoms with Crippen molar-refractivity contribution in [2.45, 2.75) is 66.6 Å². The normalized spacial score (nSPS) is 12.0. The lowest BCUT2D eigenvalue weighted by Crippen LogP contribution is -2.36. The van der Waals surface area contributed by atoms with Crippen LogP contribution in [0.5, 0.6) is 5.75 Å². The van der Waals surface area contributed by atoms with Crippen LogP contribution in [0.2, 0.25) is 0 Å². The first-order valence-electron chi connectivity index (χ1n) is 8.30. The summed E-state index contributed by atoms with van der Waals surface area (Å²) in [4.78, 5) is 14.1. The third-order valence-electron chi connectivity index (χ3n) is 4.44. The van der Waals surface area contributed by atoms with Crippen molar-refractivity contribution in [3.05, 3.63) is 39.2 Å². The van der Waals surface area contributed by atoms with E-state index in [2.05, 4.69) is 32.6 Å². The van der Waals surface area contributed by atoms with Gasteiger partial charge in [-0.15, -0.1) is 0 Å². The molecule has 2 aromatic rings. The van der Waals surface area contributed by atoms with Crippen LogP contribution in [0.3, 0.4) is 0 Å². The molecule has 4 nitrogen and oxygen atoms in total. The third kappa shape index (κ3) is 3.42. The van der Waals surface area contributed by atoms with Gasteiger partial charge in [-0.25, -0.2) is 4.79 Å². The highest BCUT2D eigenvalue weighted by Crippen LogP contribution is 2.34. The molecule has 126 valence electrons. The number of fused-ring (bicyclic) bond motifs is 1. The molecule has 1 aromatic heterocycles. The third-order valence-corrected chi connectivity index (χ3v) is 4.44. The average Bonchev–Trinajstić information content (AvgIpc) is 2.45. The molecule has 0 atom stereocenters. The average molecular weight is 317 g/mol. The van der Waals surface area contributed by atoms with Crippen molar-refractivity contribution in [1.82, 2.24) is 4.90 Å². The molecule has 1 heterocycles. The zero-order valence-electron chi connectivity index (χ0n) is 14.9. The van der Waals surface area contributed by atoms with Crippen LogP contribution in [-0.4, -0.2) is 22.1 Å². The van der Waals surface area contributed by atoms with Crippen LogP contribution in [0.1, 0.15) is 51.3 Å². The summed E-state index contributed by atoms with van der Waals surface area (Å²) in [5.41, 5.74) is 2.61. The van der Waals surface area contributed by atoms with Gasteiger partial charge in [-0.05, 0) is 58.2 Å². The Morgan fingerprint density at radius 3 is 2.30 bits per heavy atom. The summed E-state index contributed by atoms with van der Waals surface area (Å²) in [6.07, 6.45) is 0.733. The van der Waals surface area contributed by atoms with Crippen LogP contribution in [0, 0.1) is 6.92 Å². The molecule has 0 aliphatic carbocycles. The molecule has 0 bridgehead atoms. The van der Waals surface area contributed by atoms with Crippen LogP contribution in [0.15, 0.2) is 21.3 Å². The molecular formula is C19H27NO3. The van der Waals surface area contributed by atoms with E-state index in [0.29, 0.717) is 29.8 Å². The molecule has 0 amide bonds. The molecule has 23 heavy (non-hydrogen) atoms. The standard InChI is InChI=1S/C19H27NO3/c1-7-14-9-15-13(6)8-17(21)23-19(15)16(18(14)22)10-20(11(2)3)12(4)5/h8-9,11-12,22H,7,10H2,1-6H3. The van der Waals surface area contributed by atoms with Gasteiger partial charge < -0.3 is 9.52 Å². The highest BCUT2D eigenvalue weighted by atomic mass is 16.4. The Hall–Kier alpha value is -1.81. The summed E-state index contributed by atoms with van der Waals surface area (Å²) in [6, 6.07) is 4.09. The van der Waals surface area contributed by atoms with Gasteiger partial charge in [0.15, 0.2) is 0 Å². The van der Waals surface area contributed by atoms with E-state index in [-0.39, 0.29) is 11.4 Å². The molecule has 0 saturated heterocycles. The fourth-order valence-electron chi connectivity index (χ4n) is 3.13. The second-order valence-corrected chi connectivity index (χ2v) is 6.70. The van der Waals surface area contributed by atoms with Gasteiger partial charge in [-0.2, -0.15) is 0 Å². The van der Waals surface area contributed by atoms with Crippen LogP contribution in [0.25, 0.3) is 11.0 Å². The Kier molecular flexibility index (Phi) is 5.15. The highest BCUT2D eigenvalue weighted by molar-refractivity contribution is 5.86. The van der Waals surface area contributed by atoms with E-state index in [1.165, 1.54) is 6.07 Å². The van der Waals surface area contributed by atoms with E-state index in [9.17, 15) is 9.90 Å². The Labute approximate surface area is 137 Å². The predicted octanol–water partition coefficient (Wildman–Crippen LogP) is 3.99. The topological polar surface area (TPSA) is 53.7 Å². The molecule has 0 fully saturated rings. The van der Waals surface area contributed by atoms with Gasteiger partial charge in [-0.3, -0.25) is 4.90 Å². The number of aryl methyl sites for hydroxylation is 2. The quantitative estimate of drug-likeness (QED) is 0.847. The molecule has 1 N–H and O–H groups in total. The van der Waals surface area contributed by atoms with Crippen LogP contribution in [-0.2, 0) is 13.0 Å². The SMILES string of the molecule is CCc1cc2c(C)cc(=O)oc2c(CN(C(C)C)C(C)C)c1O. The largest absolute Gasteiger partial charge is 0.507 e. The second kappa shape index (κ2) is 6.75. The van der Waals surface area contributed by atoms with E-state index in [1.807, 2.05) is 19.9 Å². The number of hydrogen-bond donors (Lipinski definition) is 1. The Bertz CT molecular complexity index is 751. The first kappa shape index (κ1) is 17.5. The van der Waals surface area contributed by atoms with Crippen molar-refractivity contribution in [3.8, 4) is 5.75 Å². The smallest absolute Gasteiger partial charge is 0.336 e. The van der Waals surface area contributed by atoms with Gasteiger partial charge in [-0.1, -0.05) is 6.92 Å². The van der Waals surface area contributed by atoms with E-state index in [0.717, 1.165) is 22.9 Å². The Balaban J connectivity index is 2.74. The molecule has 4 heteroatoms. The summed E-state index contributed by atoms with van der Waals surface area (Å²) >= 11 is 0. The highest BCUT2D eigenvalue weighted by Gasteiger charge is 2.21. The van der Waals surface area contributed by atoms with Crippen molar-refractivity contribution in [1.29, 1.82) is 0 Å². The van der Waals surface area contributed by atoms with Crippen LogP contribution in [0.4, 0.5) is 0 Å². The molecule has 0 saturated carbocycles. The second-order valence-electron chi connectivity index (χ2n) is 6.70. The van der Waals surface area contributed by atoms with Gasteiger partial charge in [0, 0.05) is 30.1 Å². The lowest BCUT2D eigenvalue weighted by atomic mass is 9.99. The Morgan fingerprint density at radius 2 is 1.78 bits per heavy atom.